The second-order valence-corrected chi connectivity index (χ2v) is 8.00. The van der Waals surface area contributed by atoms with E-state index in [1.54, 1.807) is 23.1 Å². The summed E-state index contributed by atoms with van der Waals surface area (Å²) < 4.78 is 0. The number of rotatable bonds is 4. The fourth-order valence-corrected chi connectivity index (χ4v) is 3.93. The van der Waals surface area contributed by atoms with Crippen molar-refractivity contribution in [2.24, 2.45) is 0 Å². The minimum Gasteiger partial charge on any atom is -0.336 e. The number of urea groups is 1. The molecular formula is C19H21ClN4O2S. The lowest BCUT2D eigenvalue weighted by atomic mass is 10.1. The Labute approximate surface area is 167 Å². The molecule has 0 bridgehead atoms. The predicted molar refractivity (Wildman–Crippen MR) is 109 cm³/mol. The number of halogens is 1. The maximum Gasteiger partial charge on any atom is 0.321 e. The lowest BCUT2D eigenvalue weighted by Crippen LogP contribution is -2.34. The topological polar surface area (TPSA) is 74.3 Å². The normalized spacial score (nSPS) is 13.7. The van der Waals surface area contributed by atoms with Gasteiger partial charge >= 0.3 is 6.03 Å². The van der Waals surface area contributed by atoms with Crippen LogP contribution in [0.25, 0.3) is 6.08 Å². The van der Waals surface area contributed by atoms with Crippen molar-refractivity contribution in [3.8, 4) is 0 Å². The third kappa shape index (κ3) is 5.08. The zero-order valence-corrected chi connectivity index (χ0v) is 16.7. The van der Waals surface area contributed by atoms with Gasteiger partial charge in [-0.05, 0) is 31.6 Å². The molecule has 1 aromatic heterocycles. The molecule has 1 aliphatic rings. The second kappa shape index (κ2) is 8.54. The number of aromatic nitrogens is 1. The molecule has 2 N–H and O–H groups in total. The van der Waals surface area contributed by atoms with Crippen molar-refractivity contribution in [2.75, 3.05) is 11.9 Å². The Bertz CT molecular complexity index is 878. The van der Waals surface area contributed by atoms with Crippen molar-refractivity contribution in [2.45, 2.75) is 32.9 Å². The summed E-state index contributed by atoms with van der Waals surface area (Å²) in [5.74, 6) is -0.0685. The van der Waals surface area contributed by atoms with Crippen molar-refractivity contribution in [1.82, 2.24) is 15.2 Å². The quantitative estimate of drug-likeness (QED) is 0.758. The lowest BCUT2D eigenvalue weighted by molar-refractivity contribution is -0.126. The second-order valence-electron chi connectivity index (χ2n) is 6.51. The summed E-state index contributed by atoms with van der Waals surface area (Å²) in [7, 11) is 0. The van der Waals surface area contributed by atoms with E-state index in [9.17, 15) is 9.59 Å². The molecule has 2 heterocycles. The molecule has 27 heavy (non-hydrogen) atoms. The third-order valence-corrected chi connectivity index (χ3v) is 5.34. The molecule has 8 heteroatoms. The standard InChI is InChI=1S/C19H21ClN4O2S/c1-12(2)21-18(26)23-19-22-15-9-10-24(11-16(15)27-19)17(25)8-7-13-5-3-4-6-14(13)20/h3-8,12H,9-11H2,1-2H3,(H2,21,22,23,26)/b8-7+. The van der Waals surface area contributed by atoms with Crippen LogP contribution in [0.15, 0.2) is 30.3 Å². The Morgan fingerprint density at radius 2 is 2.11 bits per heavy atom. The summed E-state index contributed by atoms with van der Waals surface area (Å²) in [6, 6.07) is 7.17. The Hall–Kier alpha value is -2.38. The van der Waals surface area contributed by atoms with Crippen LogP contribution in [-0.2, 0) is 17.8 Å². The van der Waals surface area contributed by atoms with Gasteiger partial charge in [0.1, 0.15) is 0 Å². The fraction of sp³-hybridized carbons (Fsp3) is 0.316. The van der Waals surface area contributed by atoms with Gasteiger partial charge in [0.05, 0.1) is 12.2 Å². The first-order valence-electron chi connectivity index (χ1n) is 8.70. The summed E-state index contributed by atoms with van der Waals surface area (Å²) >= 11 is 7.52. The van der Waals surface area contributed by atoms with Gasteiger partial charge in [-0.15, -0.1) is 0 Å². The van der Waals surface area contributed by atoms with E-state index >= 15 is 0 Å². The van der Waals surface area contributed by atoms with E-state index in [0.29, 0.717) is 29.7 Å². The van der Waals surface area contributed by atoms with E-state index < -0.39 is 0 Å². The van der Waals surface area contributed by atoms with Gasteiger partial charge in [-0.2, -0.15) is 0 Å². The number of fused-ring (bicyclic) bond motifs is 1. The van der Waals surface area contributed by atoms with Gasteiger partial charge in [0, 0.05) is 35.0 Å². The first kappa shape index (κ1) is 19.4. The highest BCUT2D eigenvalue weighted by atomic mass is 35.5. The van der Waals surface area contributed by atoms with Crippen molar-refractivity contribution >= 4 is 46.1 Å². The zero-order chi connectivity index (χ0) is 19.4. The third-order valence-electron chi connectivity index (χ3n) is 3.99. The van der Waals surface area contributed by atoms with Crippen LogP contribution in [0.5, 0.6) is 0 Å². The van der Waals surface area contributed by atoms with Crippen LogP contribution in [0.1, 0.15) is 30.0 Å². The van der Waals surface area contributed by atoms with E-state index in [2.05, 4.69) is 15.6 Å². The van der Waals surface area contributed by atoms with Gasteiger partial charge in [0.25, 0.3) is 0 Å². The number of benzene rings is 1. The van der Waals surface area contributed by atoms with Crippen molar-refractivity contribution in [3.63, 3.8) is 0 Å². The molecule has 0 fully saturated rings. The van der Waals surface area contributed by atoms with E-state index in [0.717, 1.165) is 16.1 Å². The first-order chi connectivity index (χ1) is 12.9. The number of carbonyl (C=O) groups excluding carboxylic acids is 2. The molecule has 0 spiro atoms. The molecule has 2 aromatic rings. The van der Waals surface area contributed by atoms with Gasteiger partial charge in [-0.25, -0.2) is 9.78 Å². The van der Waals surface area contributed by atoms with Crippen molar-refractivity contribution in [1.29, 1.82) is 0 Å². The molecule has 1 aliphatic heterocycles. The zero-order valence-electron chi connectivity index (χ0n) is 15.2. The number of amides is 3. The van der Waals surface area contributed by atoms with E-state index in [4.69, 9.17) is 11.6 Å². The molecule has 3 amide bonds. The lowest BCUT2D eigenvalue weighted by Gasteiger charge is -2.24. The van der Waals surface area contributed by atoms with Gasteiger partial charge in [0.2, 0.25) is 5.91 Å². The van der Waals surface area contributed by atoms with Crippen molar-refractivity contribution < 1.29 is 9.59 Å². The molecule has 3 rings (SSSR count). The van der Waals surface area contributed by atoms with Crippen LogP contribution in [0.2, 0.25) is 5.02 Å². The number of hydrogen-bond donors (Lipinski definition) is 2. The smallest absolute Gasteiger partial charge is 0.321 e. The van der Waals surface area contributed by atoms with Crippen LogP contribution in [0, 0.1) is 0 Å². The maximum atomic E-state index is 12.5. The maximum absolute atomic E-state index is 12.5. The number of hydrogen-bond acceptors (Lipinski definition) is 4. The van der Waals surface area contributed by atoms with Gasteiger partial charge in [-0.1, -0.05) is 41.1 Å². The van der Waals surface area contributed by atoms with Gasteiger partial charge in [-0.3, -0.25) is 10.1 Å². The minimum atomic E-state index is -0.272. The Balaban J connectivity index is 1.63. The Morgan fingerprint density at radius 3 is 2.85 bits per heavy atom. The molecule has 0 aliphatic carbocycles. The number of nitrogens with zero attached hydrogens (tertiary/aromatic N) is 2. The highest BCUT2D eigenvalue weighted by Crippen LogP contribution is 2.28. The molecule has 6 nitrogen and oxygen atoms in total. The molecule has 0 unspecified atom stereocenters. The monoisotopic (exact) mass is 404 g/mol. The van der Waals surface area contributed by atoms with Crippen molar-refractivity contribution in [3.05, 3.63) is 51.5 Å². The number of thiazole rings is 1. The molecule has 0 radical (unpaired) electrons. The first-order valence-corrected chi connectivity index (χ1v) is 9.89. The molecule has 1 aromatic carbocycles. The SMILES string of the molecule is CC(C)NC(=O)Nc1nc2c(s1)CN(C(=O)/C=C/c1ccccc1Cl)CC2. The molecular weight excluding hydrogens is 384 g/mol. The van der Waals surface area contributed by atoms with E-state index in [-0.39, 0.29) is 18.0 Å². The fourth-order valence-electron chi connectivity index (χ4n) is 2.71. The van der Waals surface area contributed by atoms with Gasteiger partial charge in [0.15, 0.2) is 5.13 Å². The van der Waals surface area contributed by atoms with Crippen LogP contribution < -0.4 is 10.6 Å². The summed E-state index contributed by atoms with van der Waals surface area (Å²) in [6.07, 6.45) is 3.95. The van der Waals surface area contributed by atoms with E-state index in [1.165, 1.54) is 11.3 Å². The number of carbonyl (C=O) groups is 2. The Morgan fingerprint density at radius 1 is 1.33 bits per heavy atom. The minimum absolute atomic E-state index is 0.0533. The number of nitrogens with one attached hydrogen (secondary N) is 2. The van der Waals surface area contributed by atoms with E-state index in [1.807, 2.05) is 32.0 Å². The summed E-state index contributed by atoms with van der Waals surface area (Å²) in [4.78, 5) is 31.6. The summed E-state index contributed by atoms with van der Waals surface area (Å²) in [5.41, 5.74) is 1.75. The van der Waals surface area contributed by atoms with Crippen LogP contribution in [0.4, 0.5) is 9.93 Å². The average Bonchev–Trinajstić information content (AvgIpc) is 3.01. The molecule has 0 saturated heterocycles. The predicted octanol–water partition coefficient (Wildman–Crippen LogP) is 3.92. The molecule has 0 atom stereocenters. The summed E-state index contributed by atoms with van der Waals surface area (Å²) in [5, 5.41) is 6.69. The van der Waals surface area contributed by atoms with Crippen LogP contribution in [0.3, 0.4) is 0 Å². The molecule has 0 saturated carbocycles. The Kier molecular flexibility index (Phi) is 6.13. The molecule has 142 valence electrons. The summed E-state index contributed by atoms with van der Waals surface area (Å²) in [6.45, 7) is 4.88. The van der Waals surface area contributed by atoms with Gasteiger partial charge < -0.3 is 10.2 Å². The highest BCUT2D eigenvalue weighted by molar-refractivity contribution is 7.15. The number of anilines is 1. The van der Waals surface area contributed by atoms with Crippen LogP contribution in [-0.4, -0.2) is 34.4 Å². The average molecular weight is 405 g/mol. The largest absolute Gasteiger partial charge is 0.336 e. The highest BCUT2D eigenvalue weighted by Gasteiger charge is 2.23. The van der Waals surface area contributed by atoms with Crippen LogP contribution >= 0.6 is 22.9 Å².